The van der Waals surface area contributed by atoms with Gasteiger partial charge in [0.15, 0.2) is 0 Å². The number of fused-ring (bicyclic) bond motifs is 2. The van der Waals surface area contributed by atoms with E-state index in [-0.39, 0.29) is 0 Å². The minimum Gasteiger partial charge on any atom is -0.478 e. The summed E-state index contributed by atoms with van der Waals surface area (Å²) in [5, 5.41) is 3.62. The van der Waals surface area contributed by atoms with E-state index in [0.29, 0.717) is 24.7 Å². The molecule has 2 aliphatic heterocycles. The van der Waals surface area contributed by atoms with Gasteiger partial charge in [0.2, 0.25) is 5.88 Å². The maximum absolute atomic E-state index is 5.43. The van der Waals surface area contributed by atoms with Crippen LogP contribution in [0.15, 0.2) is 18.3 Å². The summed E-state index contributed by atoms with van der Waals surface area (Å²) in [5.74, 6) is 0.728. The number of nitrogens with one attached hydrogen (secondary N) is 1. The number of rotatable bonds is 5. The van der Waals surface area contributed by atoms with Crippen molar-refractivity contribution in [1.29, 1.82) is 0 Å². The molecule has 0 aromatic carbocycles. The van der Waals surface area contributed by atoms with E-state index in [2.05, 4.69) is 28.2 Å². The summed E-state index contributed by atoms with van der Waals surface area (Å²) in [6.07, 6.45) is 7.14. The second-order valence-electron chi connectivity index (χ2n) is 5.81. The topological polar surface area (TPSA) is 37.4 Å². The van der Waals surface area contributed by atoms with E-state index in [9.17, 15) is 0 Å². The number of pyridine rings is 1. The first kappa shape index (κ1) is 13.7. The van der Waals surface area contributed by atoms with Crippen LogP contribution < -0.4 is 15.0 Å². The average molecular weight is 275 g/mol. The van der Waals surface area contributed by atoms with Crippen molar-refractivity contribution in [3.05, 3.63) is 18.3 Å². The molecule has 1 aromatic rings. The maximum atomic E-state index is 5.43. The Bertz CT molecular complexity index is 420. The number of anilines is 1. The van der Waals surface area contributed by atoms with Gasteiger partial charge < -0.3 is 15.0 Å². The van der Waals surface area contributed by atoms with Gasteiger partial charge in [0.05, 0.1) is 18.5 Å². The zero-order valence-electron chi connectivity index (χ0n) is 12.5. The first-order chi connectivity index (χ1) is 9.81. The molecule has 0 aliphatic carbocycles. The lowest BCUT2D eigenvalue weighted by molar-refractivity contribution is 0.326. The highest BCUT2D eigenvalue weighted by Crippen LogP contribution is 2.39. The zero-order chi connectivity index (χ0) is 13.9. The molecule has 1 aromatic heterocycles. The van der Waals surface area contributed by atoms with E-state index in [1.165, 1.54) is 31.4 Å². The summed E-state index contributed by atoms with van der Waals surface area (Å²) in [7, 11) is 0. The fraction of sp³-hybridized carbons (Fsp3) is 0.688. The third-order valence-electron chi connectivity index (χ3n) is 4.54. The highest BCUT2D eigenvalue weighted by atomic mass is 16.5. The number of piperidine rings is 1. The van der Waals surface area contributed by atoms with Crippen molar-refractivity contribution in [2.75, 3.05) is 18.1 Å². The summed E-state index contributed by atoms with van der Waals surface area (Å²) >= 11 is 0. The van der Waals surface area contributed by atoms with Crippen molar-refractivity contribution in [2.45, 2.75) is 57.7 Å². The highest BCUT2D eigenvalue weighted by Gasteiger charge is 2.40. The van der Waals surface area contributed by atoms with Gasteiger partial charge in [-0.25, -0.2) is 4.98 Å². The third kappa shape index (κ3) is 2.62. The average Bonchev–Trinajstić information content (AvgIpc) is 2.72. The zero-order valence-corrected chi connectivity index (χ0v) is 12.5. The Morgan fingerprint density at radius 3 is 2.55 bits per heavy atom. The van der Waals surface area contributed by atoms with Crippen LogP contribution in [0.3, 0.4) is 0 Å². The SMILES string of the molecule is CCNC1CC2CCC(C1)N2c1ccc(OCC)nc1. The predicted molar refractivity (Wildman–Crippen MR) is 81.4 cm³/mol. The van der Waals surface area contributed by atoms with Crippen LogP contribution in [-0.4, -0.2) is 36.3 Å². The summed E-state index contributed by atoms with van der Waals surface area (Å²) < 4.78 is 5.43. The molecule has 4 heteroatoms. The van der Waals surface area contributed by atoms with Gasteiger partial charge in [0.1, 0.15) is 0 Å². The normalized spacial score (nSPS) is 28.7. The van der Waals surface area contributed by atoms with Crippen LogP contribution in [0, 0.1) is 0 Å². The van der Waals surface area contributed by atoms with E-state index < -0.39 is 0 Å². The minimum absolute atomic E-state index is 0.672. The maximum Gasteiger partial charge on any atom is 0.213 e. The third-order valence-corrected chi connectivity index (χ3v) is 4.54. The van der Waals surface area contributed by atoms with Crippen molar-refractivity contribution in [1.82, 2.24) is 10.3 Å². The number of ether oxygens (including phenoxy) is 1. The molecule has 2 bridgehead atoms. The number of aromatic nitrogens is 1. The molecule has 3 rings (SSSR count). The Morgan fingerprint density at radius 2 is 2.00 bits per heavy atom. The van der Waals surface area contributed by atoms with Gasteiger partial charge in [-0.3, -0.25) is 0 Å². The van der Waals surface area contributed by atoms with Gasteiger partial charge in [0, 0.05) is 24.2 Å². The Labute approximate surface area is 121 Å². The largest absolute Gasteiger partial charge is 0.478 e. The number of hydrogen-bond acceptors (Lipinski definition) is 4. The van der Waals surface area contributed by atoms with Gasteiger partial charge in [-0.1, -0.05) is 6.92 Å². The smallest absolute Gasteiger partial charge is 0.213 e. The molecule has 3 heterocycles. The van der Waals surface area contributed by atoms with E-state index in [1.54, 1.807) is 0 Å². The van der Waals surface area contributed by atoms with Gasteiger partial charge >= 0.3 is 0 Å². The summed E-state index contributed by atoms with van der Waals surface area (Å²) in [4.78, 5) is 7.01. The molecule has 4 nitrogen and oxygen atoms in total. The number of nitrogens with zero attached hydrogens (tertiary/aromatic N) is 2. The van der Waals surface area contributed by atoms with Crippen LogP contribution in [-0.2, 0) is 0 Å². The summed E-state index contributed by atoms with van der Waals surface area (Å²) in [6, 6.07) is 6.21. The predicted octanol–water partition coefficient (Wildman–Crippen LogP) is 2.59. The van der Waals surface area contributed by atoms with Gasteiger partial charge in [0.25, 0.3) is 0 Å². The van der Waals surface area contributed by atoms with E-state index in [4.69, 9.17) is 4.74 Å². The second-order valence-corrected chi connectivity index (χ2v) is 5.81. The van der Waals surface area contributed by atoms with Crippen LogP contribution in [0.25, 0.3) is 0 Å². The minimum atomic E-state index is 0.672. The molecule has 2 aliphatic rings. The molecule has 2 fully saturated rings. The lowest BCUT2D eigenvalue weighted by Gasteiger charge is -2.40. The monoisotopic (exact) mass is 275 g/mol. The molecule has 0 saturated carbocycles. The fourth-order valence-corrected chi connectivity index (χ4v) is 3.81. The van der Waals surface area contributed by atoms with Crippen LogP contribution in [0.2, 0.25) is 0 Å². The molecule has 2 unspecified atom stereocenters. The van der Waals surface area contributed by atoms with Crippen LogP contribution in [0.1, 0.15) is 39.5 Å². The van der Waals surface area contributed by atoms with E-state index in [1.807, 2.05) is 19.2 Å². The summed E-state index contributed by atoms with van der Waals surface area (Å²) in [6.45, 7) is 5.94. The molecule has 1 N–H and O–H groups in total. The Hall–Kier alpha value is -1.29. The number of hydrogen-bond donors (Lipinski definition) is 1. The second kappa shape index (κ2) is 6.00. The molecular formula is C16H25N3O. The fourth-order valence-electron chi connectivity index (χ4n) is 3.81. The molecule has 2 atom stereocenters. The standard InChI is InChI=1S/C16H25N3O/c1-3-17-12-9-13-5-6-14(10-12)19(13)15-7-8-16(18-11-15)20-4-2/h7-8,11-14,17H,3-6,9-10H2,1-2H3. The molecular weight excluding hydrogens is 250 g/mol. The first-order valence-corrected chi connectivity index (χ1v) is 7.92. The summed E-state index contributed by atoms with van der Waals surface area (Å²) in [5.41, 5.74) is 1.26. The quantitative estimate of drug-likeness (QED) is 0.896. The lowest BCUT2D eigenvalue weighted by atomic mass is 9.97. The van der Waals surface area contributed by atoms with Gasteiger partial charge in [-0.2, -0.15) is 0 Å². The van der Waals surface area contributed by atoms with Crippen molar-refractivity contribution in [3.63, 3.8) is 0 Å². The highest BCUT2D eigenvalue weighted by molar-refractivity contribution is 5.49. The van der Waals surface area contributed by atoms with Crippen molar-refractivity contribution < 1.29 is 4.74 Å². The van der Waals surface area contributed by atoms with Gasteiger partial charge in [-0.15, -0.1) is 0 Å². The van der Waals surface area contributed by atoms with Crippen molar-refractivity contribution in [2.24, 2.45) is 0 Å². The van der Waals surface area contributed by atoms with E-state index in [0.717, 1.165) is 12.4 Å². The Morgan fingerprint density at radius 1 is 1.25 bits per heavy atom. The van der Waals surface area contributed by atoms with Crippen molar-refractivity contribution >= 4 is 5.69 Å². The van der Waals surface area contributed by atoms with Gasteiger partial charge in [-0.05, 0) is 45.2 Å². The molecule has 0 amide bonds. The van der Waals surface area contributed by atoms with Crippen LogP contribution in [0.4, 0.5) is 5.69 Å². The molecule has 0 spiro atoms. The molecule has 0 radical (unpaired) electrons. The first-order valence-electron chi connectivity index (χ1n) is 7.92. The molecule has 20 heavy (non-hydrogen) atoms. The Kier molecular flexibility index (Phi) is 4.10. The lowest BCUT2D eigenvalue weighted by Crippen LogP contribution is -2.49. The van der Waals surface area contributed by atoms with Crippen molar-refractivity contribution in [3.8, 4) is 5.88 Å². The molecule has 110 valence electrons. The Balaban J connectivity index is 1.71. The molecule has 2 saturated heterocycles. The van der Waals surface area contributed by atoms with Crippen LogP contribution in [0.5, 0.6) is 5.88 Å². The van der Waals surface area contributed by atoms with Crippen LogP contribution >= 0.6 is 0 Å². The van der Waals surface area contributed by atoms with E-state index >= 15 is 0 Å².